The standard InChI is InChI=1S/C16H26N2O/c1-4-5-6-7-8-9-15(19)18-16-12(2)10-11-14(17)13(16)3/h10-11H,4-9,17H2,1-3H3,(H,18,19). The van der Waals surface area contributed by atoms with Crippen molar-refractivity contribution in [1.29, 1.82) is 0 Å². The lowest BCUT2D eigenvalue weighted by Gasteiger charge is -2.13. The molecule has 0 unspecified atom stereocenters. The quantitative estimate of drug-likeness (QED) is 0.572. The van der Waals surface area contributed by atoms with E-state index in [-0.39, 0.29) is 5.91 Å². The molecule has 0 saturated heterocycles. The molecule has 0 heterocycles. The summed E-state index contributed by atoms with van der Waals surface area (Å²) in [4.78, 5) is 11.9. The zero-order chi connectivity index (χ0) is 14.3. The number of aryl methyl sites for hydroxylation is 1. The van der Waals surface area contributed by atoms with Crippen molar-refractivity contribution in [3.05, 3.63) is 23.3 Å². The van der Waals surface area contributed by atoms with E-state index in [0.717, 1.165) is 35.3 Å². The minimum atomic E-state index is 0.0910. The number of hydrogen-bond acceptors (Lipinski definition) is 2. The number of hydrogen-bond donors (Lipinski definition) is 2. The first-order valence-electron chi connectivity index (χ1n) is 7.21. The highest BCUT2D eigenvalue weighted by molar-refractivity contribution is 5.93. The molecule has 0 aliphatic carbocycles. The summed E-state index contributed by atoms with van der Waals surface area (Å²) in [6.45, 7) is 6.13. The van der Waals surface area contributed by atoms with Crippen LogP contribution in [0, 0.1) is 13.8 Å². The van der Waals surface area contributed by atoms with E-state index in [1.165, 1.54) is 19.3 Å². The van der Waals surface area contributed by atoms with E-state index in [2.05, 4.69) is 12.2 Å². The Morgan fingerprint density at radius 2 is 1.84 bits per heavy atom. The van der Waals surface area contributed by atoms with E-state index in [9.17, 15) is 4.79 Å². The van der Waals surface area contributed by atoms with Crippen molar-refractivity contribution in [3.63, 3.8) is 0 Å². The first-order valence-corrected chi connectivity index (χ1v) is 7.21. The number of carbonyl (C=O) groups excluding carboxylic acids is 1. The van der Waals surface area contributed by atoms with Gasteiger partial charge in [-0.2, -0.15) is 0 Å². The second-order valence-corrected chi connectivity index (χ2v) is 5.18. The highest BCUT2D eigenvalue weighted by Gasteiger charge is 2.09. The first kappa shape index (κ1) is 15.5. The van der Waals surface area contributed by atoms with Gasteiger partial charge in [-0.05, 0) is 37.5 Å². The van der Waals surface area contributed by atoms with E-state index in [1.54, 1.807) is 0 Å². The Morgan fingerprint density at radius 1 is 1.16 bits per heavy atom. The van der Waals surface area contributed by atoms with Gasteiger partial charge >= 0.3 is 0 Å². The first-order chi connectivity index (χ1) is 9.06. The molecule has 106 valence electrons. The Kier molecular flexibility index (Phi) is 6.40. The molecule has 0 saturated carbocycles. The minimum Gasteiger partial charge on any atom is -0.398 e. The third-order valence-corrected chi connectivity index (χ3v) is 3.49. The molecule has 0 radical (unpaired) electrons. The molecule has 0 atom stereocenters. The van der Waals surface area contributed by atoms with Gasteiger partial charge in [-0.15, -0.1) is 0 Å². The van der Waals surface area contributed by atoms with Crippen molar-refractivity contribution >= 4 is 17.3 Å². The lowest BCUT2D eigenvalue weighted by atomic mass is 10.1. The number of carbonyl (C=O) groups is 1. The Balaban J connectivity index is 2.47. The molecule has 1 aromatic carbocycles. The molecule has 0 aromatic heterocycles. The minimum absolute atomic E-state index is 0.0910. The number of unbranched alkanes of at least 4 members (excludes halogenated alkanes) is 4. The number of nitrogen functional groups attached to an aromatic ring is 1. The van der Waals surface area contributed by atoms with Gasteiger partial charge < -0.3 is 11.1 Å². The zero-order valence-electron chi connectivity index (χ0n) is 12.4. The number of amides is 1. The molecule has 3 N–H and O–H groups in total. The largest absolute Gasteiger partial charge is 0.398 e. The van der Waals surface area contributed by atoms with Crippen LogP contribution >= 0.6 is 0 Å². The predicted molar refractivity (Wildman–Crippen MR) is 82.3 cm³/mol. The molecular formula is C16H26N2O. The SMILES string of the molecule is CCCCCCCC(=O)Nc1c(C)ccc(N)c1C. The Morgan fingerprint density at radius 3 is 2.53 bits per heavy atom. The third kappa shape index (κ3) is 4.93. The van der Waals surface area contributed by atoms with Crippen molar-refractivity contribution in [2.75, 3.05) is 11.1 Å². The normalized spacial score (nSPS) is 10.5. The molecule has 0 bridgehead atoms. The highest BCUT2D eigenvalue weighted by Crippen LogP contribution is 2.25. The summed E-state index contributed by atoms with van der Waals surface area (Å²) in [5.41, 5.74) is 9.49. The van der Waals surface area contributed by atoms with Crippen molar-refractivity contribution in [3.8, 4) is 0 Å². The maximum absolute atomic E-state index is 11.9. The second-order valence-electron chi connectivity index (χ2n) is 5.18. The van der Waals surface area contributed by atoms with Crippen LogP contribution in [0.1, 0.15) is 56.6 Å². The van der Waals surface area contributed by atoms with Crippen LogP contribution in [0.25, 0.3) is 0 Å². The van der Waals surface area contributed by atoms with Crippen molar-refractivity contribution in [2.45, 2.75) is 59.3 Å². The van der Waals surface area contributed by atoms with Crippen LogP contribution in [0.4, 0.5) is 11.4 Å². The van der Waals surface area contributed by atoms with Gasteiger partial charge in [0.25, 0.3) is 0 Å². The summed E-state index contributed by atoms with van der Waals surface area (Å²) in [5, 5.41) is 2.99. The second kappa shape index (κ2) is 7.82. The van der Waals surface area contributed by atoms with Gasteiger partial charge in [0.05, 0.1) is 0 Å². The molecule has 0 aliphatic rings. The van der Waals surface area contributed by atoms with Gasteiger partial charge in [0, 0.05) is 17.8 Å². The van der Waals surface area contributed by atoms with Crippen LogP contribution in [-0.2, 0) is 4.79 Å². The van der Waals surface area contributed by atoms with E-state index in [1.807, 2.05) is 26.0 Å². The van der Waals surface area contributed by atoms with Gasteiger partial charge in [-0.3, -0.25) is 4.79 Å². The lowest BCUT2D eigenvalue weighted by Crippen LogP contribution is -2.13. The maximum Gasteiger partial charge on any atom is 0.224 e. The van der Waals surface area contributed by atoms with Crippen LogP contribution in [0.5, 0.6) is 0 Å². The van der Waals surface area contributed by atoms with Crippen LogP contribution < -0.4 is 11.1 Å². The number of anilines is 2. The van der Waals surface area contributed by atoms with Crippen molar-refractivity contribution in [2.24, 2.45) is 0 Å². The van der Waals surface area contributed by atoms with Crippen molar-refractivity contribution < 1.29 is 4.79 Å². The fourth-order valence-corrected chi connectivity index (χ4v) is 2.15. The van der Waals surface area contributed by atoms with Crippen LogP contribution in [0.3, 0.4) is 0 Å². The van der Waals surface area contributed by atoms with E-state index < -0.39 is 0 Å². The average Bonchev–Trinajstić information content (AvgIpc) is 2.39. The monoisotopic (exact) mass is 262 g/mol. The molecule has 19 heavy (non-hydrogen) atoms. The van der Waals surface area contributed by atoms with E-state index >= 15 is 0 Å². The van der Waals surface area contributed by atoms with Gasteiger partial charge in [0.1, 0.15) is 0 Å². The van der Waals surface area contributed by atoms with E-state index in [4.69, 9.17) is 5.73 Å². The number of nitrogens with two attached hydrogens (primary N) is 1. The summed E-state index contributed by atoms with van der Waals surface area (Å²) in [6.07, 6.45) is 6.41. The molecule has 0 fully saturated rings. The van der Waals surface area contributed by atoms with Gasteiger partial charge in [0.15, 0.2) is 0 Å². The topological polar surface area (TPSA) is 55.1 Å². The zero-order valence-corrected chi connectivity index (χ0v) is 12.4. The molecule has 1 rings (SSSR count). The van der Waals surface area contributed by atoms with Crippen molar-refractivity contribution in [1.82, 2.24) is 0 Å². The molecule has 3 heteroatoms. The molecule has 1 aromatic rings. The van der Waals surface area contributed by atoms with Crippen LogP contribution in [0.15, 0.2) is 12.1 Å². The predicted octanol–water partition coefficient (Wildman–Crippen LogP) is 4.18. The van der Waals surface area contributed by atoms with Gasteiger partial charge in [-0.1, -0.05) is 38.7 Å². The number of nitrogens with one attached hydrogen (secondary N) is 1. The summed E-state index contributed by atoms with van der Waals surface area (Å²) in [7, 11) is 0. The van der Waals surface area contributed by atoms with Crippen LogP contribution in [-0.4, -0.2) is 5.91 Å². The molecule has 0 aliphatic heterocycles. The van der Waals surface area contributed by atoms with E-state index in [0.29, 0.717) is 6.42 Å². The maximum atomic E-state index is 11.9. The van der Waals surface area contributed by atoms with Crippen LogP contribution in [0.2, 0.25) is 0 Å². The van der Waals surface area contributed by atoms with Gasteiger partial charge in [-0.25, -0.2) is 0 Å². The lowest BCUT2D eigenvalue weighted by molar-refractivity contribution is -0.116. The molecule has 1 amide bonds. The Bertz CT molecular complexity index is 427. The Labute approximate surface area is 116 Å². The smallest absolute Gasteiger partial charge is 0.224 e. The highest BCUT2D eigenvalue weighted by atomic mass is 16.1. The fraction of sp³-hybridized carbons (Fsp3) is 0.562. The third-order valence-electron chi connectivity index (χ3n) is 3.49. The Hall–Kier alpha value is -1.51. The summed E-state index contributed by atoms with van der Waals surface area (Å²) >= 11 is 0. The van der Waals surface area contributed by atoms with Gasteiger partial charge in [0.2, 0.25) is 5.91 Å². The number of benzene rings is 1. The average molecular weight is 262 g/mol. The fourth-order valence-electron chi connectivity index (χ4n) is 2.15. The molecule has 0 spiro atoms. The molecule has 3 nitrogen and oxygen atoms in total. The summed E-state index contributed by atoms with van der Waals surface area (Å²) in [6, 6.07) is 3.82. The summed E-state index contributed by atoms with van der Waals surface area (Å²) < 4.78 is 0. The summed E-state index contributed by atoms with van der Waals surface area (Å²) in [5.74, 6) is 0.0910. The molecular weight excluding hydrogens is 236 g/mol. The number of rotatable bonds is 7.